The number of aliphatic hydroxyl groups is 1. The molecule has 1 saturated carbocycles. The normalized spacial score (nSPS) is 25.5. The van der Waals surface area contributed by atoms with Crippen LogP contribution in [0.3, 0.4) is 0 Å². The van der Waals surface area contributed by atoms with Gasteiger partial charge in [-0.1, -0.05) is 13.0 Å². The van der Waals surface area contributed by atoms with Crippen LogP contribution in [0.4, 0.5) is 0 Å². The third-order valence-electron chi connectivity index (χ3n) is 4.33. The van der Waals surface area contributed by atoms with E-state index in [0.29, 0.717) is 19.3 Å². The fraction of sp³-hybridized carbons (Fsp3) is 0.706. The number of nitrogens with one attached hydrogen (secondary N) is 1. The average molecular weight is 292 g/mol. The summed E-state index contributed by atoms with van der Waals surface area (Å²) in [7, 11) is 0. The van der Waals surface area contributed by atoms with Crippen molar-refractivity contribution in [1.29, 1.82) is 0 Å². The van der Waals surface area contributed by atoms with E-state index in [1.54, 1.807) is 6.20 Å². The van der Waals surface area contributed by atoms with Crippen molar-refractivity contribution in [3.05, 3.63) is 30.1 Å². The molecule has 1 unspecified atom stereocenters. The maximum atomic E-state index is 10.0. The van der Waals surface area contributed by atoms with Gasteiger partial charge in [0.2, 0.25) is 0 Å². The Morgan fingerprint density at radius 3 is 2.81 bits per heavy atom. The first-order chi connectivity index (χ1) is 10.1. The molecule has 0 aliphatic heterocycles. The van der Waals surface area contributed by atoms with Crippen molar-refractivity contribution in [1.82, 2.24) is 10.3 Å². The molecule has 0 aromatic carbocycles. The van der Waals surface area contributed by atoms with Gasteiger partial charge < -0.3 is 15.2 Å². The Balaban J connectivity index is 1.62. The van der Waals surface area contributed by atoms with Gasteiger partial charge in [-0.2, -0.15) is 0 Å². The van der Waals surface area contributed by atoms with E-state index in [9.17, 15) is 5.11 Å². The van der Waals surface area contributed by atoms with Gasteiger partial charge in [-0.15, -0.1) is 0 Å². The summed E-state index contributed by atoms with van der Waals surface area (Å²) in [6.45, 7) is 5.34. The van der Waals surface area contributed by atoms with Gasteiger partial charge in [0.05, 0.1) is 18.8 Å². The van der Waals surface area contributed by atoms with Crippen molar-refractivity contribution in [2.75, 3.05) is 13.2 Å². The third kappa shape index (κ3) is 5.73. The van der Waals surface area contributed by atoms with Gasteiger partial charge in [0.1, 0.15) is 0 Å². The van der Waals surface area contributed by atoms with Gasteiger partial charge in [0.25, 0.3) is 0 Å². The number of rotatable bonds is 7. The number of nitrogens with zero attached hydrogens (tertiary/aromatic N) is 1. The Labute approximate surface area is 127 Å². The molecule has 2 atom stereocenters. The van der Waals surface area contributed by atoms with Crippen LogP contribution in [0, 0.1) is 5.92 Å². The van der Waals surface area contributed by atoms with Crippen molar-refractivity contribution < 1.29 is 9.84 Å². The molecule has 1 aliphatic carbocycles. The molecule has 0 bridgehead atoms. The van der Waals surface area contributed by atoms with Gasteiger partial charge in [-0.3, -0.25) is 4.98 Å². The molecule has 0 spiro atoms. The lowest BCUT2D eigenvalue weighted by Gasteiger charge is -2.27. The van der Waals surface area contributed by atoms with Crippen molar-refractivity contribution >= 4 is 0 Å². The Morgan fingerprint density at radius 2 is 2.14 bits per heavy atom. The van der Waals surface area contributed by atoms with Gasteiger partial charge in [-0.05, 0) is 50.2 Å². The molecule has 118 valence electrons. The lowest BCUT2D eigenvalue weighted by molar-refractivity contribution is -0.0283. The summed E-state index contributed by atoms with van der Waals surface area (Å²) < 4.78 is 5.83. The van der Waals surface area contributed by atoms with E-state index in [0.717, 1.165) is 24.3 Å². The maximum Gasteiger partial charge on any atom is 0.0898 e. The van der Waals surface area contributed by atoms with Crippen LogP contribution in [-0.4, -0.2) is 35.5 Å². The first-order valence-electron chi connectivity index (χ1n) is 8.08. The summed E-state index contributed by atoms with van der Waals surface area (Å²) in [5.41, 5.74) is 1.13. The SMILES string of the molecule is CC1CCC(OCC(O)CN[C@@H](C)c2cccnc2)CC1. The minimum absolute atomic E-state index is 0.184. The summed E-state index contributed by atoms with van der Waals surface area (Å²) in [5, 5.41) is 13.3. The molecule has 0 amide bonds. The highest BCUT2D eigenvalue weighted by atomic mass is 16.5. The fourth-order valence-electron chi connectivity index (χ4n) is 2.77. The molecule has 2 rings (SSSR count). The predicted octanol–water partition coefficient (Wildman–Crippen LogP) is 2.69. The van der Waals surface area contributed by atoms with Crippen LogP contribution >= 0.6 is 0 Å². The summed E-state index contributed by atoms with van der Waals surface area (Å²) >= 11 is 0. The van der Waals surface area contributed by atoms with E-state index in [1.807, 2.05) is 18.3 Å². The molecule has 1 fully saturated rings. The zero-order chi connectivity index (χ0) is 15.1. The summed E-state index contributed by atoms with van der Waals surface area (Å²) in [6.07, 6.45) is 8.26. The molecule has 1 aromatic heterocycles. The zero-order valence-corrected chi connectivity index (χ0v) is 13.2. The minimum Gasteiger partial charge on any atom is -0.389 e. The standard InChI is InChI=1S/C17H28N2O2/c1-13-5-7-17(8-6-13)21-12-16(20)11-19-14(2)15-4-3-9-18-10-15/h3-4,9-10,13-14,16-17,19-20H,5-8,11-12H2,1-2H3/t13?,14-,16?,17?/m0/s1. The van der Waals surface area contributed by atoms with Gasteiger partial charge in [0.15, 0.2) is 0 Å². The molecule has 1 aromatic rings. The average Bonchev–Trinajstić information content (AvgIpc) is 2.53. The first kappa shape index (κ1) is 16.4. The Hall–Kier alpha value is -0.970. The van der Waals surface area contributed by atoms with Crippen molar-refractivity contribution in [3.63, 3.8) is 0 Å². The summed E-state index contributed by atoms with van der Waals surface area (Å²) in [6, 6.07) is 4.15. The molecule has 0 radical (unpaired) electrons. The van der Waals surface area contributed by atoms with Gasteiger partial charge in [0, 0.05) is 25.0 Å². The van der Waals surface area contributed by atoms with Crippen LogP contribution in [0.2, 0.25) is 0 Å². The van der Waals surface area contributed by atoms with Gasteiger partial charge in [-0.25, -0.2) is 0 Å². The van der Waals surface area contributed by atoms with E-state index in [1.165, 1.54) is 12.8 Å². The maximum absolute atomic E-state index is 10.0. The van der Waals surface area contributed by atoms with Crippen molar-refractivity contribution in [2.45, 2.75) is 57.8 Å². The van der Waals surface area contributed by atoms with Crippen LogP contribution in [0.25, 0.3) is 0 Å². The second kappa shape index (κ2) is 8.47. The Morgan fingerprint density at radius 1 is 1.38 bits per heavy atom. The van der Waals surface area contributed by atoms with Gasteiger partial charge >= 0.3 is 0 Å². The number of aliphatic hydroxyl groups excluding tert-OH is 1. The second-order valence-corrected chi connectivity index (χ2v) is 6.29. The first-order valence-corrected chi connectivity index (χ1v) is 8.08. The van der Waals surface area contributed by atoms with Crippen molar-refractivity contribution in [2.24, 2.45) is 5.92 Å². The summed E-state index contributed by atoms with van der Waals surface area (Å²) in [5.74, 6) is 0.830. The lowest BCUT2D eigenvalue weighted by atomic mass is 9.89. The largest absolute Gasteiger partial charge is 0.389 e. The summed E-state index contributed by atoms with van der Waals surface area (Å²) in [4.78, 5) is 4.11. The molecule has 21 heavy (non-hydrogen) atoms. The van der Waals surface area contributed by atoms with E-state index in [4.69, 9.17) is 4.74 Å². The lowest BCUT2D eigenvalue weighted by Crippen LogP contribution is -2.34. The predicted molar refractivity (Wildman–Crippen MR) is 84.0 cm³/mol. The molecule has 1 heterocycles. The molecule has 2 N–H and O–H groups in total. The molecule has 4 nitrogen and oxygen atoms in total. The Kier molecular flexibility index (Phi) is 6.61. The highest BCUT2D eigenvalue weighted by Crippen LogP contribution is 2.25. The van der Waals surface area contributed by atoms with E-state index in [2.05, 4.69) is 24.1 Å². The van der Waals surface area contributed by atoms with Crippen LogP contribution in [-0.2, 0) is 4.74 Å². The quantitative estimate of drug-likeness (QED) is 0.811. The number of ether oxygens (including phenoxy) is 1. The van der Waals surface area contributed by atoms with Crippen molar-refractivity contribution in [3.8, 4) is 0 Å². The Bertz CT molecular complexity index is 391. The van der Waals surface area contributed by atoms with E-state index >= 15 is 0 Å². The van der Waals surface area contributed by atoms with Crippen LogP contribution in [0.1, 0.15) is 51.1 Å². The number of aromatic nitrogens is 1. The monoisotopic (exact) mass is 292 g/mol. The van der Waals surface area contributed by atoms with E-state index in [-0.39, 0.29) is 6.04 Å². The third-order valence-corrected chi connectivity index (χ3v) is 4.33. The fourth-order valence-corrected chi connectivity index (χ4v) is 2.77. The molecular formula is C17H28N2O2. The number of hydrogen-bond donors (Lipinski definition) is 2. The molecule has 1 aliphatic rings. The van der Waals surface area contributed by atoms with Crippen LogP contribution in [0.15, 0.2) is 24.5 Å². The zero-order valence-electron chi connectivity index (χ0n) is 13.2. The highest BCUT2D eigenvalue weighted by Gasteiger charge is 2.19. The second-order valence-electron chi connectivity index (χ2n) is 6.29. The number of hydrogen-bond acceptors (Lipinski definition) is 4. The van der Waals surface area contributed by atoms with Crippen LogP contribution < -0.4 is 5.32 Å². The van der Waals surface area contributed by atoms with Crippen LogP contribution in [0.5, 0.6) is 0 Å². The smallest absolute Gasteiger partial charge is 0.0898 e. The molecule has 4 heteroatoms. The highest BCUT2D eigenvalue weighted by molar-refractivity contribution is 5.12. The van der Waals surface area contributed by atoms with E-state index < -0.39 is 6.10 Å². The topological polar surface area (TPSA) is 54.4 Å². The minimum atomic E-state index is -0.455. The molecular weight excluding hydrogens is 264 g/mol. The molecule has 0 saturated heterocycles. The number of pyridine rings is 1.